The van der Waals surface area contributed by atoms with Crippen LogP contribution in [0.5, 0.6) is 0 Å². The van der Waals surface area contributed by atoms with E-state index in [0.29, 0.717) is 10.9 Å². The predicted molar refractivity (Wildman–Crippen MR) is 109 cm³/mol. The van der Waals surface area contributed by atoms with Crippen molar-refractivity contribution >= 4 is 17.7 Å². The van der Waals surface area contributed by atoms with Gasteiger partial charge in [0.1, 0.15) is 5.82 Å². The van der Waals surface area contributed by atoms with Crippen molar-refractivity contribution in [3.05, 3.63) is 77.6 Å². The first-order valence-electron chi connectivity index (χ1n) is 9.17. The maximum atomic E-state index is 12.5. The lowest BCUT2D eigenvalue weighted by Gasteiger charge is -2.19. The minimum absolute atomic E-state index is 0.0216. The van der Waals surface area contributed by atoms with E-state index >= 15 is 0 Å². The van der Waals surface area contributed by atoms with Gasteiger partial charge in [0.05, 0.1) is 11.8 Å². The van der Waals surface area contributed by atoms with Crippen molar-refractivity contribution in [2.45, 2.75) is 37.4 Å². The van der Waals surface area contributed by atoms with Crippen LogP contribution in [0.25, 0.3) is 0 Å². The molecule has 0 radical (unpaired) electrons. The van der Waals surface area contributed by atoms with Gasteiger partial charge < -0.3 is 5.32 Å². The Morgan fingerprint density at radius 3 is 2.52 bits per heavy atom. The van der Waals surface area contributed by atoms with Crippen molar-refractivity contribution in [2.75, 3.05) is 5.75 Å². The van der Waals surface area contributed by atoms with Gasteiger partial charge in [-0.1, -0.05) is 79.3 Å². The molecule has 0 aliphatic carbocycles. The summed E-state index contributed by atoms with van der Waals surface area (Å²) in [7, 11) is 0. The van der Waals surface area contributed by atoms with Gasteiger partial charge in [0.25, 0.3) is 0 Å². The van der Waals surface area contributed by atoms with Crippen molar-refractivity contribution in [1.29, 1.82) is 0 Å². The van der Waals surface area contributed by atoms with Gasteiger partial charge in [-0.2, -0.15) is 0 Å². The van der Waals surface area contributed by atoms with E-state index in [2.05, 4.69) is 39.6 Å². The van der Waals surface area contributed by atoms with Crippen LogP contribution in [0, 0.1) is 0 Å². The molecule has 27 heavy (non-hydrogen) atoms. The summed E-state index contributed by atoms with van der Waals surface area (Å²) >= 11 is 1.35. The van der Waals surface area contributed by atoms with Crippen molar-refractivity contribution < 1.29 is 4.79 Å². The van der Waals surface area contributed by atoms with Gasteiger partial charge in [-0.3, -0.25) is 9.89 Å². The summed E-state index contributed by atoms with van der Waals surface area (Å²) in [5, 5.41) is 10.9. The number of hydrogen-bond donors (Lipinski definition) is 2. The van der Waals surface area contributed by atoms with Gasteiger partial charge in [-0.25, -0.2) is 4.98 Å². The monoisotopic (exact) mass is 380 g/mol. The Labute approximate surface area is 164 Å². The number of nitrogens with zero attached hydrogens (tertiary/aromatic N) is 2. The van der Waals surface area contributed by atoms with E-state index in [4.69, 9.17) is 0 Å². The number of aromatic amines is 1. The molecule has 0 aliphatic rings. The smallest absolute Gasteiger partial charge is 0.230 e. The molecule has 3 rings (SSSR count). The third kappa shape index (κ3) is 5.96. The molecule has 0 aliphatic heterocycles. The van der Waals surface area contributed by atoms with Gasteiger partial charge in [0.2, 0.25) is 11.1 Å². The highest BCUT2D eigenvalue weighted by Crippen LogP contribution is 2.19. The average molecular weight is 381 g/mol. The standard InChI is InChI=1S/C21H24N4OS/c1-2-9-19-23-21(25-24-19)27-15-20(26)22-18(17-12-7-4-8-13-17)14-16-10-5-3-6-11-16/h3-8,10-13,18H,2,9,14-15H2,1H3,(H,22,26)(H,23,24,25). The fourth-order valence-corrected chi connectivity index (χ4v) is 3.47. The predicted octanol–water partition coefficient (Wildman–Crippen LogP) is 3.95. The lowest BCUT2D eigenvalue weighted by Crippen LogP contribution is -2.31. The Bertz CT molecular complexity index is 836. The van der Waals surface area contributed by atoms with Crippen LogP contribution in [-0.4, -0.2) is 26.8 Å². The highest BCUT2D eigenvalue weighted by molar-refractivity contribution is 7.99. The van der Waals surface area contributed by atoms with Crippen LogP contribution in [-0.2, 0) is 17.6 Å². The Balaban J connectivity index is 1.61. The lowest BCUT2D eigenvalue weighted by atomic mass is 9.99. The Morgan fingerprint density at radius 2 is 1.81 bits per heavy atom. The molecule has 1 aromatic heterocycles. The molecular formula is C21H24N4OS. The number of amides is 1. The van der Waals surface area contributed by atoms with Gasteiger partial charge in [-0.15, -0.1) is 5.10 Å². The van der Waals surface area contributed by atoms with E-state index in [1.165, 1.54) is 17.3 Å². The summed E-state index contributed by atoms with van der Waals surface area (Å²) in [6.45, 7) is 2.10. The quantitative estimate of drug-likeness (QED) is 0.552. The summed E-state index contributed by atoms with van der Waals surface area (Å²) in [5.74, 6) is 1.14. The molecule has 1 amide bonds. The van der Waals surface area contributed by atoms with Crippen LogP contribution in [0.15, 0.2) is 65.8 Å². The minimum Gasteiger partial charge on any atom is -0.348 e. The topological polar surface area (TPSA) is 70.7 Å². The summed E-state index contributed by atoms with van der Waals surface area (Å²) in [6.07, 6.45) is 2.63. The first kappa shape index (κ1) is 19.2. The van der Waals surface area contributed by atoms with Crippen LogP contribution >= 0.6 is 11.8 Å². The van der Waals surface area contributed by atoms with E-state index in [1.807, 2.05) is 48.5 Å². The Kier molecular flexibility index (Phi) is 7.04. The second-order valence-electron chi connectivity index (χ2n) is 6.32. The lowest BCUT2D eigenvalue weighted by molar-refractivity contribution is -0.119. The van der Waals surface area contributed by atoms with Crippen LogP contribution in [0.2, 0.25) is 0 Å². The van der Waals surface area contributed by atoms with E-state index in [0.717, 1.165) is 30.7 Å². The van der Waals surface area contributed by atoms with E-state index in [1.54, 1.807) is 0 Å². The molecule has 0 bridgehead atoms. The molecule has 0 saturated carbocycles. The zero-order chi connectivity index (χ0) is 18.9. The first-order chi connectivity index (χ1) is 13.2. The molecule has 2 N–H and O–H groups in total. The second kappa shape index (κ2) is 9.92. The molecule has 6 heteroatoms. The molecule has 5 nitrogen and oxygen atoms in total. The van der Waals surface area contributed by atoms with E-state index < -0.39 is 0 Å². The molecular weight excluding hydrogens is 356 g/mol. The molecule has 2 aromatic carbocycles. The van der Waals surface area contributed by atoms with Crippen molar-refractivity contribution in [3.8, 4) is 0 Å². The van der Waals surface area contributed by atoms with Gasteiger partial charge in [-0.05, 0) is 24.0 Å². The molecule has 3 aromatic rings. The maximum absolute atomic E-state index is 12.5. The highest BCUT2D eigenvalue weighted by atomic mass is 32.2. The SMILES string of the molecule is CCCc1nc(SCC(=O)NC(Cc2ccccc2)c2ccccc2)n[nH]1. The van der Waals surface area contributed by atoms with Crippen LogP contribution in [0.3, 0.4) is 0 Å². The number of carbonyl (C=O) groups excluding carboxylic acids is 1. The second-order valence-corrected chi connectivity index (χ2v) is 7.27. The average Bonchev–Trinajstić information content (AvgIpc) is 3.15. The molecule has 0 fully saturated rings. The molecule has 0 saturated heterocycles. The summed E-state index contributed by atoms with van der Waals surface area (Å²) in [6, 6.07) is 20.2. The third-order valence-corrected chi connectivity index (χ3v) is 5.00. The Hall–Kier alpha value is -2.60. The van der Waals surface area contributed by atoms with Crippen molar-refractivity contribution in [2.24, 2.45) is 0 Å². The van der Waals surface area contributed by atoms with Crippen molar-refractivity contribution in [3.63, 3.8) is 0 Å². The number of hydrogen-bond acceptors (Lipinski definition) is 4. The van der Waals surface area contributed by atoms with Crippen molar-refractivity contribution in [1.82, 2.24) is 20.5 Å². The van der Waals surface area contributed by atoms with E-state index in [9.17, 15) is 4.79 Å². The zero-order valence-electron chi connectivity index (χ0n) is 15.4. The number of H-pyrrole nitrogens is 1. The van der Waals surface area contributed by atoms with Gasteiger partial charge >= 0.3 is 0 Å². The van der Waals surface area contributed by atoms with Crippen LogP contribution in [0.4, 0.5) is 0 Å². The summed E-state index contributed by atoms with van der Waals surface area (Å²) in [5.41, 5.74) is 2.29. The normalized spacial score (nSPS) is 11.9. The van der Waals surface area contributed by atoms with E-state index in [-0.39, 0.29) is 11.9 Å². The number of rotatable bonds is 9. The fourth-order valence-electron chi connectivity index (χ4n) is 2.84. The minimum atomic E-state index is -0.0653. The van der Waals surface area contributed by atoms with Crippen LogP contribution < -0.4 is 5.32 Å². The molecule has 1 unspecified atom stereocenters. The number of carbonyl (C=O) groups is 1. The van der Waals surface area contributed by atoms with Gasteiger partial charge in [0.15, 0.2) is 0 Å². The zero-order valence-corrected chi connectivity index (χ0v) is 16.2. The molecule has 0 spiro atoms. The molecule has 140 valence electrons. The highest BCUT2D eigenvalue weighted by Gasteiger charge is 2.16. The Morgan fingerprint density at radius 1 is 1.11 bits per heavy atom. The molecule has 1 heterocycles. The number of aryl methyl sites for hydroxylation is 1. The third-order valence-electron chi connectivity index (χ3n) is 4.15. The number of thioether (sulfide) groups is 1. The number of aromatic nitrogens is 3. The number of benzene rings is 2. The van der Waals surface area contributed by atoms with Gasteiger partial charge in [0, 0.05) is 6.42 Å². The fraction of sp³-hybridized carbons (Fsp3) is 0.286. The summed E-state index contributed by atoms with van der Waals surface area (Å²) in [4.78, 5) is 16.9. The largest absolute Gasteiger partial charge is 0.348 e. The molecule has 1 atom stereocenters. The first-order valence-corrected chi connectivity index (χ1v) is 10.2. The summed E-state index contributed by atoms with van der Waals surface area (Å²) < 4.78 is 0. The maximum Gasteiger partial charge on any atom is 0.230 e. The van der Waals surface area contributed by atoms with Crippen LogP contribution in [0.1, 0.15) is 36.3 Å². The number of nitrogens with one attached hydrogen (secondary N) is 2.